The minimum atomic E-state index is -3.91. The van der Waals surface area contributed by atoms with E-state index in [0.717, 1.165) is 4.31 Å². The summed E-state index contributed by atoms with van der Waals surface area (Å²) in [6, 6.07) is 0.351. The molecule has 0 aromatic carbocycles. The van der Waals surface area contributed by atoms with Crippen LogP contribution in [0.2, 0.25) is 0 Å². The number of nitrogens with zero attached hydrogens (tertiary/aromatic N) is 2. The van der Waals surface area contributed by atoms with Crippen LogP contribution in [0.25, 0.3) is 0 Å². The Morgan fingerprint density at radius 2 is 2.21 bits per heavy atom. The zero-order valence-electron chi connectivity index (χ0n) is 9.73. The van der Waals surface area contributed by atoms with Crippen molar-refractivity contribution in [3.63, 3.8) is 0 Å². The Hall–Kier alpha value is -1.03. The molecule has 1 aromatic rings. The molecule has 0 spiro atoms. The van der Waals surface area contributed by atoms with Crippen LogP contribution in [-0.4, -0.2) is 47.4 Å². The summed E-state index contributed by atoms with van der Waals surface area (Å²) in [4.78, 5) is 15.0. The second kappa shape index (κ2) is 5.16. The van der Waals surface area contributed by atoms with Gasteiger partial charge >= 0.3 is 0 Å². The third-order valence-corrected chi connectivity index (χ3v) is 5.12. The second-order valence-corrected chi connectivity index (χ2v) is 7.03. The average molecular weight is 350 g/mol. The summed E-state index contributed by atoms with van der Waals surface area (Å²) in [5.74, 6) is -0.775. The minimum Gasteiger partial charge on any atom is -0.392 e. The molecule has 9 heteroatoms. The average Bonchev–Trinajstić information content (AvgIpc) is 2.72. The molecule has 2 atom stereocenters. The van der Waals surface area contributed by atoms with Crippen LogP contribution in [0.3, 0.4) is 0 Å². The number of sulfonamides is 1. The van der Waals surface area contributed by atoms with Gasteiger partial charge in [-0.1, -0.05) is 0 Å². The SMILES string of the molecule is NC(=O)C1CC(O)CN1S(=O)(=O)c1cncc(Br)c1. The molecule has 1 aliphatic heterocycles. The van der Waals surface area contributed by atoms with Crippen molar-refractivity contribution in [2.45, 2.75) is 23.5 Å². The monoisotopic (exact) mass is 349 g/mol. The van der Waals surface area contributed by atoms with Crippen molar-refractivity contribution < 1.29 is 18.3 Å². The number of carbonyl (C=O) groups is 1. The predicted octanol–water partition coefficient (Wildman–Crippen LogP) is -0.547. The highest BCUT2D eigenvalue weighted by molar-refractivity contribution is 9.10. The maximum absolute atomic E-state index is 12.4. The number of aromatic nitrogens is 1. The van der Waals surface area contributed by atoms with Crippen LogP contribution in [0.5, 0.6) is 0 Å². The molecule has 2 rings (SSSR count). The minimum absolute atomic E-state index is 0.00992. The highest BCUT2D eigenvalue weighted by Gasteiger charge is 2.42. The number of aliphatic hydroxyl groups excluding tert-OH is 1. The number of aliphatic hydroxyl groups is 1. The van der Waals surface area contributed by atoms with E-state index < -0.39 is 28.1 Å². The number of rotatable bonds is 3. The Morgan fingerprint density at radius 3 is 2.79 bits per heavy atom. The van der Waals surface area contributed by atoms with E-state index in [0.29, 0.717) is 4.47 Å². The van der Waals surface area contributed by atoms with Crippen molar-refractivity contribution >= 4 is 31.9 Å². The molecule has 0 aliphatic carbocycles. The number of pyridine rings is 1. The highest BCUT2D eigenvalue weighted by atomic mass is 79.9. The molecule has 2 heterocycles. The molecule has 2 unspecified atom stereocenters. The second-order valence-electron chi connectivity index (χ2n) is 4.22. The van der Waals surface area contributed by atoms with E-state index in [2.05, 4.69) is 20.9 Å². The summed E-state index contributed by atoms with van der Waals surface area (Å²) in [6.45, 7) is -0.150. The number of halogens is 1. The van der Waals surface area contributed by atoms with Crippen LogP contribution in [0.4, 0.5) is 0 Å². The van der Waals surface area contributed by atoms with Crippen molar-refractivity contribution in [2.24, 2.45) is 5.73 Å². The number of nitrogens with two attached hydrogens (primary N) is 1. The largest absolute Gasteiger partial charge is 0.392 e. The Labute approximate surface area is 118 Å². The first kappa shape index (κ1) is 14.4. The van der Waals surface area contributed by atoms with Crippen molar-refractivity contribution in [2.75, 3.05) is 6.54 Å². The predicted molar refractivity (Wildman–Crippen MR) is 69.4 cm³/mol. The lowest BCUT2D eigenvalue weighted by atomic mass is 10.2. The summed E-state index contributed by atoms with van der Waals surface area (Å²) in [5, 5.41) is 9.54. The van der Waals surface area contributed by atoms with Gasteiger partial charge in [0.25, 0.3) is 0 Å². The van der Waals surface area contributed by atoms with E-state index >= 15 is 0 Å². The van der Waals surface area contributed by atoms with Crippen LogP contribution in [0.1, 0.15) is 6.42 Å². The standard InChI is InChI=1S/C10H12BrN3O4S/c11-6-1-8(4-13-3-6)19(17,18)14-5-7(15)2-9(14)10(12)16/h1,3-4,7,9,15H,2,5H2,(H2,12,16). The molecule has 1 fully saturated rings. The van der Waals surface area contributed by atoms with E-state index in [1.54, 1.807) is 0 Å². The lowest BCUT2D eigenvalue weighted by molar-refractivity contribution is -0.121. The van der Waals surface area contributed by atoms with Gasteiger partial charge in [0, 0.05) is 29.8 Å². The van der Waals surface area contributed by atoms with E-state index in [9.17, 15) is 18.3 Å². The number of hydrogen-bond acceptors (Lipinski definition) is 5. The Morgan fingerprint density at radius 1 is 1.53 bits per heavy atom. The van der Waals surface area contributed by atoms with Crippen LogP contribution in [0.15, 0.2) is 27.8 Å². The molecule has 0 saturated carbocycles. The number of hydrogen-bond donors (Lipinski definition) is 2. The molecule has 0 radical (unpaired) electrons. The molecule has 0 bridgehead atoms. The number of amides is 1. The van der Waals surface area contributed by atoms with E-state index in [1.165, 1.54) is 18.5 Å². The lowest BCUT2D eigenvalue weighted by Gasteiger charge is -2.21. The van der Waals surface area contributed by atoms with Crippen LogP contribution >= 0.6 is 15.9 Å². The molecule has 1 aliphatic rings. The summed E-state index contributed by atoms with van der Waals surface area (Å²) in [7, 11) is -3.91. The van der Waals surface area contributed by atoms with Gasteiger partial charge in [-0.25, -0.2) is 8.42 Å². The molecule has 3 N–H and O–H groups in total. The molecule has 7 nitrogen and oxygen atoms in total. The van der Waals surface area contributed by atoms with Crippen LogP contribution < -0.4 is 5.73 Å². The first-order chi connectivity index (χ1) is 8.82. The smallest absolute Gasteiger partial charge is 0.245 e. The fourth-order valence-corrected chi connectivity index (χ4v) is 4.13. The molecular weight excluding hydrogens is 338 g/mol. The van der Waals surface area contributed by atoms with Gasteiger partial charge in [0.2, 0.25) is 15.9 Å². The van der Waals surface area contributed by atoms with Crippen molar-refractivity contribution in [3.8, 4) is 0 Å². The van der Waals surface area contributed by atoms with E-state index in [-0.39, 0.29) is 17.9 Å². The van der Waals surface area contributed by atoms with Crippen LogP contribution in [0, 0.1) is 0 Å². The number of β-amino-alcohol motifs (C(OH)–C–C–N with tert-alkyl or cyclic N) is 1. The molecular formula is C10H12BrN3O4S. The molecule has 104 valence electrons. The normalized spacial score (nSPS) is 24.5. The first-order valence-electron chi connectivity index (χ1n) is 5.42. The molecule has 19 heavy (non-hydrogen) atoms. The van der Waals surface area contributed by atoms with Gasteiger partial charge in [-0.05, 0) is 22.0 Å². The fraction of sp³-hybridized carbons (Fsp3) is 0.400. The van der Waals surface area contributed by atoms with Crippen molar-refractivity contribution in [3.05, 3.63) is 22.9 Å². The summed E-state index contributed by atoms with van der Waals surface area (Å²) in [5.41, 5.74) is 5.17. The fourth-order valence-electron chi connectivity index (χ4n) is 1.98. The van der Waals surface area contributed by atoms with Gasteiger partial charge < -0.3 is 10.8 Å². The van der Waals surface area contributed by atoms with Crippen molar-refractivity contribution in [1.82, 2.24) is 9.29 Å². The summed E-state index contributed by atoms with van der Waals surface area (Å²) >= 11 is 3.13. The van der Waals surface area contributed by atoms with Gasteiger partial charge in [0.05, 0.1) is 6.10 Å². The highest BCUT2D eigenvalue weighted by Crippen LogP contribution is 2.27. The van der Waals surface area contributed by atoms with Gasteiger partial charge in [-0.15, -0.1) is 0 Å². The Balaban J connectivity index is 2.41. The zero-order chi connectivity index (χ0) is 14.2. The van der Waals surface area contributed by atoms with Gasteiger partial charge in [0.15, 0.2) is 0 Å². The van der Waals surface area contributed by atoms with E-state index in [4.69, 9.17) is 5.73 Å². The molecule has 1 amide bonds. The van der Waals surface area contributed by atoms with Gasteiger partial charge in [0.1, 0.15) is 10.9 Å². The third-order valence-electron chi connectivity index (χ3n) is 2.85. The topological polar surface area (TPSA) is 114 Å². The number of carbonyl (C=O) groups excluding carboxylic acids is 1. The molecule has 1 saturated heterocycles. The van der Waals surface area contributed by atoms with Crippen molar-refractivity contribution in [1.29, 1.82) is 0 Å². The molecule has 1 aromatic heterocycles. The quantitative estimate of drug-likeness (QED) is 0.760. The van der Waals surface area contributed by atoms with E-state index in [1.807, 2.05) is 0 Å². The summed E-state index contributed by atoms with van der Waals surface area (Å²) in [6.07, 6.45) is 1.75. The number of primary amides is 1. The zero-order valence-corrected chi connectivity index (χ0v) is 12.1. The van der Waals surface area contributed by atoms with Gasteiger partial charge in [-0.3, -0.25) is 9.78 Å². The Bertz CT molecular complexity index is 607. The summed E-state index contributed by atoms with van der Waals surface area (Å²) < 4.78 is 26.2. The lowest BCUT2D eigenvalue weighted by Crippen LogP contribution is -2.43. The maximum atomic E-state index is 12.4. The third kappa shape index (κ3) is 2.78. The Kier molecular flexibility index (Phi) is 3.90. The van der Waals surface area contributed by atoms with Crippen LogP contribution in [-0.2, 0) is 14.8 Å². The van der Waals surface area contributed by atoms with Gasteiger partial charge in [-0.2, -0.15) is 4.31 Å². The maximum Gasteiger partial charge on any atom is 0.245 e. The first-order valence-corrected chi connectivity index (χ1v) is 7.65.